The molecule has 0 aliphatic carbocycles. The van der Waals surface area contributed by atoms with Gasteiger partial charge in [-0.2, -0.15) is 4.98 Å². The molecule has 0 bridgehead atoms. The van der Waals surface area contributed by atoms with Crippen molar-refractivity contribution in [3.63, 3.8) is 0 Å². The molecule has 3 heterocycles. The summed E-state index contributed by atoms with van der Waals surface area (Å²) < 4.78 is 18.3. The van der Waals surface area contributed by atoms with Crippen LogP contribution < -0.4 is 10.5 Å². The molecular weight excluding hydrogens is 267 g/mol. The smallest absolute Gasteiger partial charge is 0.318 e. The van der Waals surface area contributed by atoms with E-state index >= 15 is 0 Å². The van der Waals surface area contributed by atoms with Crippen molar-refractivity contribution < 1.29 is 9.13 Å². The molecule has 0 aromatic carbocycles. The number of anilines is 1. The van der Waals surface area contributed by atoms with E-state index in [4.69, 9.17) is 10.5 Å². The molecular formula is C12H9FN4OS. The van der Waals surface area contributed by atoms with Gasteiger partial charge in [0.15, 0.2) is 11.6 Å². The normalized spacial score (nSPS) is 10.8. The van der Waals surface area contributed by atoms with Crippen molar-refractivity contribution in [2.45, 2.75) is 6.61 Å². The second kappa shape index (κ2) is 4.77. The van der Waals surface area contributed by atoms with Crippen LogP contribution in [0.3, 0.4) is 0 Å². The van der Waals surface area contributed by atoms with Crippen LogP contribution in [0.25, 0.3) is 10.2 Å². The molecule has 96 valence electrons. The molecule has 0 unspecified atom stereocenters. The van der Waals surface area contributed by atoms with Crippen molar-refractivity contribution in [3.05, 3.63) is 41.3 Å². The topological polar surface area (TPSA) is 73.9 Å². The standard InChI is InChI=1S/C12H9FN4OS/c13-9-5-16-12(17-10(9)14)18-6-8-4-7-2-1-3-15-11(7)19-8/h1-5H,6H2,(H2,14,16,17). The van der Waals surface area contributed by atoms with E-state index < -0.39 is 5.82 Å². The average Bonchev–Trinajstić information content (AvgIpc) is 2.83. The number of nitrogen functional groups attached to an aromatic ring is 1. The second-order valence-electron chi connectivity index (χ2n) is 3.78. The number of hydrogen-bond donors (Lipinski definition) is 1. The Kier molecular flexibility index (Phi) is 2.96. The van der Waals surface area contributed by atoms with E-state index in [-0.39, 0.29) is 11.8 Å². The van der Waals surface area contributed by atoms with Gasteiger partial charge in [0.05, 0.1) is 6.20 Å². The lowest BCUT2D eigenvalue weighted by molar-refractivity contribution is 0.283. The van der Waals surface area contributed by atoms with Gasteiger partial charge in [0.2, 0.25) is 0 Å². The molecule has 5 nitrogen and oxygen atoms in total. The van der Waals surface area contributed by atoms with Gasteiger partial charge in [0.25, 0.3) is 0 Å². The monoisotopic (exact) mass is 276 g/mol. The highest BCUT2D eigenvalue weighted by molar-refractivity contribution is 7.18. The zero-order valence-electron chi connectivity index (χ0n) is 9.71. The molecule has 7 heteroatoms. The number of ether oxygens (including phenoxy) is 1. The van der Waals surface area contributed by atoms with Crippen molar-refractivity contribution >= 4 is 27.4 Å². The van der Waals surface area contributed by atoms with E-state index in [1.165, 1.54) is 11.3 Å². The van der Waals surface area contributed by atoms with Gasteiger partial charge in [0, 0.05) is 16.5 Å². The number of nitrogens with two attached hydrogens (primary N) is 1. The summed E-state index contributed by atoms with van der Waals surface area (Å²) in [6.07, 6.45) is 2.73. The summed E-state index contributed by atoms with van der Waals surface area (Å²) in [6.45, 7) is 0.298. The van der Waals surface area contributed by atoms with Crippen molar-refractivity contribution in [3.8, 4) is 6.01 Å². The highest BCUT2D eigenvalue weighted by Gasteiger charge is 2.06. The minimum absolute atomic E-state index is 0.0596. The van der Waals surface area contributed by atoms with Gasteiger partial charge in [-0.05, 0) is 12.1 Å². The molecule has 3 aromatic heterocycles. The quantitative estimate of drug-likeness (QED) is 0.795. The maximum absolute atomic E-state index is 12.9. The Morgan fingerprint density at radius 3 is 3.05 bits per heavy atom. The van der Waals surface area contributed by atoms with Gasteiger partial charge < -0.3 is 10.5 Å². The van der Waals surface area contributed by atoms with Crippen LogP contribution in [-0.2, 0) is 6.61 Å². The molecule has 3 aromatic rings. The van der Waals surface area contributed by atoms with Crippen LogP contribution in [-0.4, -0.2) is 15.0 Å². The molecule has 0 atom stereocenters. The van der Waals surface area contributed by atoms with Gasteiger partial charge in [-0.15, -0.1) is 11.3 Å². The number of aromatic nitrogens is 3. The zero-order chi connectivity index (χ0) is 13.2. The fraction of sp³-hybridized carbons (Fsp3) is 0.0833. The summed E-state index contributed by atoms with van der Waals surface area (Å²) in [4.78, 5) is 13.6. The van der Waals surface area contributed by atoms with Crippen LogP contribution in [0.1, 0.15) is 4.88 Å². The SMILES string of the molecule is Nc1nc(OCc2cc3cccnc3s2)ncc1F. The zero-order valence-corrected chi connectivity index (χ0v) is 10.5. The van der Waals surface area contributed by atoms with Crippen molar-refractivity contribution in [2.75, 3.05) is 5.73 Å². The first-order chi connectivity index (χ1) is 9.22. The fourth-order valence-electron chi connectivity index (χ4n) is 1.57. The predicted molar refractivity (Wildman–Crippen MR) is 70.4 cm³/mol. The third kappa shape index (κ3) is 2.45. The largest absolute Gasteiger partial charge is 0.458 e. The molecule has 0 spiro atoms. The number of thiophene rings is 1. The minimum Gasteiger partial charge on any atom is -0.458 e. The lowest BCUT2D eigenvalue weighted by Crippen LogP contribution is -2.02. The summed E-state index contributed by atoms with van der Waals surface area (Å²) in [5.74, 6) is -0.874. The van der Waals surface area contributed by atoms with Crippen molar-refractivity contribution in [2.24, 2.45) is 0 Å². The number of pyridine rings is 1. The third-order valence-electron chi connectivity index (χ3n) is 2.44. The van der Waals surface area contributed by atoms with Crippen LogP contribution >= 0.6 is 11.3 Å². The highest BCUT2D eigenvalue weighted by Crippen LogP contribution is 2.24. The Balaban J connectivity index is 1.76. The van der Waals surface area contributed by atoms with E-state index in [1.807, 2.05) is 18.2 Å². The van der Waals surface area contributed by atoms with E-state index in [1.54, 1.807) is 6.20 Å². The molecule has 0 amide bonds. The molecule has 0 radical (unpaired) electrons. The summed E-state index contributed by atoms with van der Waals surface area (Å²) >= 11 is 1.53. The Morgan fingerprint density at radius 1 is 1.37 bits per heavy atom. The van der Waals surface area contributed by atoms with E-state index in [0.717, 1.165) is 21.3 Å². The molecule has 0 aliphatic rings. The summed E-state index contributed by atoms with van der Waals surface area (Å²) in [6, 6.07) is 5.90. The lowest BCUT2D eigenvalue weighted by atomic mass is 10.3. The summed E-state index contributed by atoms with van der Waals surface area (Å²) in [5.41, 5.74) is 5.34. The predicted octanol–water partition coefficient (Wildman–Crippen LogP) is 2.39. The second-order valence-corrected chi connectivity index (χ2v) is 4.90. The molecule has 0 saturated carbocycles. The highest BCUT2D eigenvalue weighted by atomic mass is 32.1. The van der Waals surface area contributed by atoms with E-state index in [2.05, 4.69) is 15.0 Å². The number of rotatable bonds is 3. The third-order valence-corrected chi connectivity index (χ3v) is 3.47. The number of fused-ring (bicyclic) bond motifs is 1. The number of halogens is 1. The fourth-order valence-corrected chi connectivity index (χ4v) is 2.48. The first-order valence-corrected chi connectivity index (χ1v) is 6.28. The molecule has 0 aliphatic heterocycles. The Labute approximate surface area is 111 Å². The van der Waals surface area contributed by atoms with Crippen LogP contribution in [0.2, 0.25) is 0 Å². The minimum atomic E-state index is -0.654. The number of hydrogen-bond acceptors (Lipinski definition) is 6. The van der Waals surface area contributed by atoms with Crippen LogP contribution in [0.15, 0.2) is 30.6 Å². The van der Waals surface area contributed by atoms with Crippen LogP contribution in [0.4, 0.5) is 10.2 Å². The molecule has 0 fully saturated rings. The van der Waals surface area contributed by atoms with Gasteiger partial charge in [0.1, 0.15) is 11.4 Å². The van der Waals surface area contributed by atoms with Crippen LogP contribution in [0.5, 0.6) is 6.01 Å². The Bertz CT molecular complexity index is 698. The average molecular weight is 276 g/mol. The first-order valence-electron chi connectivity index (χ1n) is 5.46. The van der Waals surface area contributed by atoms with Crippen molar-refractivity contribution in [1.82, 2.24) is 15.0 Å². The van der Waals surface area contributed by atoms with Gasteiger partial charge in [-0.1, -0.05) is 6.07 Å². The van der Waals surface area contributed by atoms with Gasteiger partial charge in [-0.3, -0.25) is 0 Å². The lowest BCUT2D eigenvalue weighted by Gasteiger charge is -2.02. The summed E-state index contributed by atoms with van der Waals surface area (Å²) in [7, 11) is 0. The van der Waals surface area contributed by atoms with Crippen LogP contribution in [0, 0.1) is 5.82 Å². The molecule has 0 saturated heterocycles. The van der Waals surface area contributed by atoms with Gasteiger partial charge >= 0.3 is 6.01 Å². The van der Waals surface area contributed by atoms with E-state index in [0.29, 0.717) is 6.61 Å². The number of nitrogens with zero attached hydrogens (tertiary/aromatic N) is 3. The molecule has 19 heavy (non-hydrogen) atoms. The first kappa shape index (κ1) is 11.8. The maximum Gasteiger partial charge on any atom is 0.318 e. The molecule has 3 rings (SSSR count). The summed E-state index contributed by atoms with van der Waals surface area (Å²) in [5, 5.41) is 1.06. The van der Waals surface area contributed by atoms with Gasteiger partial charge in [-0.25, -0.2) is 14.4 Å². The van der Waals surface area contributed by atoms with Crippen molar-refractivity contribution in [1.29, 1.82) is 0 Å². The van der Waals surface area contributed by atoms with E-state index in [9.17, 15) is 4.39 Å². The maximum atomic E-state index is 12.9. The Morgan fingerprint density at radius 2 is 2.26 bits per heavy atom. The molecule has 2 N–H and O–H groups in total. The Hall–Kier alpha value is -2.28.